The van der Waals surface area contributed by atoms with Crippen molar-refractivity contribution in [1.82, 2.24) is 4.90 Å². The Morgan fingerprint density at radius 2 is 1.93 bits per heavy atom. The lowest BCUT2D eigenvalue weighted by Gasteiger charge is -2.21. The minimum absolute atomic E-state index is 0.0701. The van der Waals surface area contributed by atoms with Crippen LogP contribution in [0.3, 0.4) is 0 Å². The first-order chi connectivity index (χ1) is 12.8. The van der Waals surface area contributed by atoms with Crippen molar-refractivity contribution >= 4 is 44.8 Å². The molecule has 3 rings (SSSR count). The number of benzene rings is 2. The standard InChI is InChI=1S/C19H20Cl2N2O3S/c1-2-23(12-13-6-7-13)19(24)14-4-3-5-16(10-14)22-27(25,26)18-11-15(20)8-9-17(18)21/h3-5,8-11,13,22H,2,6-7,12H2,1H3. The quantitative estimate of drug-likeness (QED) is 0.699. The number of amides is 1. The zero-order chi connectivity index (χ0) is 19.6. The van der Waals surface area contributed by atoms with Crippen molar-refractivity contribution in [3.05, 3.63) is 58.1 Å². The van der Waals surface area contributed by atoms with E-state index >= 15 is 0 Å². The molecule has 5 nitrogen and oxygen atoms in total. The largest absolute Gasteiger partial charge is 0.339 e. The number of anilines is 1. The molecule has 1 saturated carbocycles. The molecule has 1 N–H and O–H groups in total. The first kappa shape index (κ1) is 20.0. The number of rotatable bonds is 7. The van der Waals surface area contributed by atoms with Crippen LogP contribution in [-0.2, 0) is 10.0 Å². The van der Waals surface area contributed by atoms with Crippen molar-refractivity contribution < 1.29 is 13.2 Å². The van der Waals surface area contributed by atoms with Gasteiger partial charge in [0.1, 0.15) is 4.90 Å². The van der Waals surface area contributed by atoms with Gasteiger partial charge in [-0.05, 0) is 62.1 Å². The number of halogens is 2. The van der Waals surface area contributed by atoms with Crippen LogP contribution < -0.4 is 4.72 Å². The minimum Gasteiger partial charge on any atom is -0.339 e. The molecule has 0 aliphatic heterocycles. The van der Waals surface area contributed by atoms with Gasteiger partial charge < -0.3 is 4.90 Å². The van der Waals surface area contributed by atoms with E-state index < -0.39 is 10.0 Å². The Kier molecular flexibility index (Phi) is 5.99. The third kappa shape index (κ3) is 4.94. The third-order valence-electron chi connectivity index (χ3n) is 4.39. The molecule has 0 atom stereocenters. The summed E-state index contributed by atoms with van der Waals surface area (Å²) in [4.78, 5) is 14.4. The summed E-state index contributed by atoms with van der Waals surface area (Å²) in [5.41, 5.74) is 0.731. The Hall–Kier alpha value is -1.76. The molecule has 0 heterocycles. The van der Waals surface area contributed by atoms with Gasteiger partial charge in [-0.2, -0.15) is 0 Å². The van der Waals surface area contributed by atoms with Crippen molar-refractivity contribution in [3.8, 4) is 0 Å². The van der Waals surface area contributed by atoms with Crippen LogP contribution in [0.15, 0.2) is 47.4 Å². The Labute approximate surface area is 169 Å². The second-order valence-corrected chi connectivity index (χ2v) is 9.04. The average Bonchev–Trinajstić information content (AvgIpc) is 3.45. The molecule has 0 aromatic heterocycles. The van der Waals surface area contributed by atoms with Gasteiger partial charge in [-0.1, -0.05) is 29.3 Å². The molecule has 1 aliphatic carbocycles. The van der Waals surface area contributed by atoms with E-state index in [0.717, 1.165) is 19.4 Å². The van der Waals surface area contributed by atoms with Crippen molar-refractivity contribution in [2.24, 2.45) is 5.92 Å². The summed E-state index contributed by atoms with van der Waals surface area (Å²) in [7, 11) is -3.94. The predicted molar refractivity (Wildman–Crippen MR) is 108 cm³/mol. The summed E-state index contributed by atoms with van der Waals surface area (Å²) in [6, 6.07) is 10.7. The van der Waals surface area contributed by atoms with E-state index in [1.807, 2.05) is 6.92 Å². The van der Waals surface area contributed by atoms with Gasteiger partial charge >= 0.3 is 0 Å². The maximum absolute atomic E-state index is 12.7. The summed E-state index contributed by atoms with van der Waals surface area (Å²) in [5.74, 6) is 0.479. The van der Waals surface area contributed by atoms with Gasteiger partial charge in [-0.3, -0.25) is 9.52 Å². The van der Waals surface area contributed by atoms with E-state index in [4.69, 9.17) is 23.2 Å². The van der Waals surface area contributed by atoms with Gasteiger partial charge in [0.15, 0.2) is 0 Å². The molecule has 27 heavy (non-hydrogen) atoms. The first-order valence-corrected chi connectivity index (χ1v) is 10.9. The maximum atomic E-state index is 12.7. The van der Waals surface area contributed by atoms with E-state index in [2.05, 4.69) is 4.72 Å². The first-order valence-electron chi connectivity index (χ1n) is 8.67. The second kappa shape index (κ2) is 8.09. The fourth-order valence-corrected chi connectivity index (χ4v) is 4.57. The van der Waals surface area contributed by atoms with E-state index in [9.17, 15) is 13.2 Å². The summed E-state index contributed by atoms with van der Waals surface area (Å²) < 4.78 is 27.8. The van der Waals surface area contributed by atoms with Gasteiger partial charge in [0.2, 0.25) is 0 Å². The van der Waals surface area contributed by atoms with Crippen LogP contribution in [0.4, 0.5) is 5.69 Å². The SMILES string of the molecule is CCN(CC1CC1)C(=O)c1cccc(NS(=O)(=O)c2cc(Cl)ccc2Cl)c1. The molecular formula is C19H20Cl2N2O3S. The van der Waals surface area contributed by atoms with E-state index in [1.54, 1.807) is 23.1 Å². The van der Waals surface area contributed by atoms with Crippen LogP contribution in [0, 0.1) is 5.92 Å². The van der Waals surface area contributed by atoms with Crippen LogP contribution in [-0.4, -0.2) is 32.3 Å². The van der Waals surface area contributed by atoms with Gasteiger partial charge in [-0.25, -0.2) is 8.42 Å². The Morgan fingerprint density at radius 1 is 1.19 bits per heavy atom. The molecule has 0 saturated heterocycles. The van der Waals surface area contributed by atoms with Gasteiger partial charge in [0.05, 0.1) is 5.02 Å². The molecule has 0 bridgehead atoms. The molecule has 1 amide bonds. The van der Waals surface area contributed by atoms with Crippen LogP contribution >= 0.6 is 23.2 Å². The molecule has 144 valence electrons. The van der Waals surface area contributed by atoms with Crippen molar-refractivity contribution in [1.29, 1.82) is 0 Å². The Morgan fingerprint density at radius 3 is 2.59 bits per heavy atom. The summed E-state index contributed by atoms with van der Waals surface area (Å²) in [6.07, 6.45) is 2.31. The highest BCUT2D eigenvalue weighted by Crippen LogP contribution is 2.30. The van der Waals surface area contributed by atoms with Crippen LogP contribution in [0.25, 0.3) is 0 Å². The highest BCUT2D eigenvalue weighted by atomic mass is 35.5. The number of hydrogen-bond donors (Lipinski definition) is 1. The maximum Gasteiger partial charge on any atom is 0.263 e. The van der Waals surface area contributed by atoms with E-state index in [1.165, 1.54) is 24.3 Å². The predicted octanol–water partition coefficient (Wildman–Crippen LogP) is 4.67. The lowest BCUT2D eigenvalue weighted by atomic mass is 10.1. The number of hydrogen-bond acceptors (Lipinski definition) is 3. The van der Waals surface area contributed by atoms with Gasteiger partial charge in [-0.15, -0.1) is 0 Å². The van der Waals surface area contributed by atoms with E-state index in [-0.39, 0.29) is 20.8 Å². The molecule has 0 unspecified atom stereocenters. The smallest absolute Gasteiger partial charge is 0.263 e. The normalized spacial score (nSPS) is 14.0. The molecular weight excluding hydrogens is 407 g/mol. The Bertz CT molecular complexity index is 959. The number of nitrogens with one attached hydrogen (secondary N) is 1. The summed E-state index contributed by atoms with van der Waals surface area (Å²) in [5, 5.41) is 0.336. The number of nitrogens with zero attached hydrogens (tertiary/aromatic N) is 1. The molecule has 8 heteroatoms. The van der Waals surface area contributed by atoms with Gasteiger partial charge in [0, 0.05) is 29.4 Å². The number of carbonyl (C=O) groups is 1. The Balaban J connectivity index is 1.82. The zero-order valence-corrected chi connectivity index (χ0v) is 17.1. The lowest BCUT2D eigenvalue weighted by Crippen LogP contribution is -2.32. The van der Waals surface area contributed by atoms with Crippen LogP contribution in [0.5, 0.6) is 0 Å². The highest BCUT2D eigenvalue weighted by Gasteiger charge is 2.26. The average molecular weight is 427 g/mol. The fraction of sp³-hybridized carbons (Fsp3) is 0.316. The highest BCUT2D eigenvalue weighted by molar-refractivity contribution is 7.92. The van der Waals surface area contributed by atoms with E-state index in [0.29, 0.717) is 23.7 Å². The fourth-order valence-electron chi connectivity index (χ4n) is 2.76. The topological polar surface area (TPSA) is 66.5 Å². The number of sulfonamides is 1. The third-order valence-corrected chi connectivity index (χ3v) is 6.49. The molecule has 2 aromatic rings. The molecule has 2 aromatic carbocycles. The summed E-state index contributed by atoms with van der Waals surface area (Å²) >= 11 is 11.9. The molecule has 1 aliphatic rings. The van der Waals surface area contributed by atoms with Gasteiger partial charge in [0.25, 0.3) is 15.9 Å². The van der Waals surface area contributed by atoms with Crippen LogP contribution in [0.1, 0.15) is 30.1 Å². The number of carbonyl (C=O) groups excluding carboxylic acids is 1. The van der Waals surface area contributed by atoms with Crippen molar-refractivity contribution in [2.75, 3.05) is 17.8 Å². The van der Waals surface area contributed by atoms with Crippen molar-refractivity contribution in [3.63, 3.8) is 0 Å². The lowest BCUT2D eigenvalue weighted by molar-refractivity contribution is 0.0757. The molecule has 0 radical (unpaired) electrons. The minimum atomic E-state index is -3.94. The van der Waals surface area contributed by atoms with Crippen molar-refractivity contribution in [2.45, 2.75) is 24.7 Å². The summed E-state index contributed by atoms with van der Waals surface area (Å²) in [6.45, 7) is 3.29. The monoisotopic (exact) mass is 426 g/mol. The molecule has 0 spiro atoms. The van der Waals surface area contributed by atoms with Crippen LogP contribution in [0.2, 0.25) is 10.0 Å². The molecule has 1 fully saturated rings. The zero-order valence-electron chi connectivity index (χ0n) is 14.8. The second-order valence-electron chi connectivity index (χ2n) is 6.55.